The van der Waals surface area contributed by atoms with Crippen molar-refractivity contribution >= 4 is 27.1 Å². The number of rotatable bonds is 4. The van der Waals surface area contributed by atoms with Crippen molar-refractivity contribution in [3.63, 3.8) is 0 Å². The van der Waals surface area contributed by atoms with Gasteiger partial charge in [-0.15, -0.1) is 24.5 Å². The summed E-state index contributed by atoms with van der Waals surface area (Å²) < 4.78 is 63.4. The molecule has 1 aromatic heterocycles. The number of carbonyl (C=O) groups excluding carboxylic acids is 1. The molecule has 1 unspecified atom stereocenters. The summed E-state index contributed by atoms with van der Waals surface area (Å²) in [4.78, 5) is 17.0. The Kier molecular flexibility index (Phi) is 5.17. The van der Waals surface area contributed by atoms with Gasteiger partial charge in [-0.2, -0.15) is 0 Å². The number of nitrogens with one attached hydrogen (secondary N) is 1. The number of hydrogen-bond donors (Lipinski definition) is 1. The number of hydrogen-bond acceptors (Lipinski definition) is 6. The number of thiazole rings is 1. The van der Waals surface area contributed by atoms with Crippen molar-refractivity contribution in [1.82, 2.24) is 10.3 Å². The van der Waals surface area contributed by atoms with Crippen LogP contribution in [0.2, 0.25) is 0 Å². The van der Waals surface area contributed by atoms with Crippen LogP contribution in [0.5, 0.6) is 5.75 Å². The monoisotopic (exact) mass is 420 g/mol. The maximum absolute atomic E-state index is 12.4. The quantitative estimate of drug-likeness (QED) is 0.822. The van der Waals surface area contributed by atoms with E-state index in [2.05, 4.69) is 15.0 Å². The Morgan fingerprint density at radius 2 is 1.96 bits per heavy atom. The number of aromatic nitrogens is 1. The minimum Gasteiger partial charge on any atom is -0.406 e. The van der Waals surface area contributed by atoms with Crippen LogP contribution in [0.15, 0.2) is 24.3 Å². The highest BCUT2D eigenvalue weighted by Crippen LogP contribution is 2.31. The van der Waals surface area contributed by atoms with E-state index in [0.29, 0.717) is 27.6 Å². The fourth-order valence-electron chi connectivity index (χ4n) is 2.69. The van der Waals surface area contributed by atoms with E-state index in [1.165, 1.54) is 24.3 Å². The van der Waals surface area contributed by atoms with Crippen LogP contribution in [0.4, 0.5) is 13.2 Å². The van der Waals surface area contributed by atoms with Gasteiger partial charge < -0.3 is 10.1 Å². The zero-order valence-corrected chi connectivity index (χ0v) is 15.7. The van der Waals surface area contributed by atoms with Gasteiger partial charge in [0, 0.05) is 11.6 Å². The molecule has 0 spiro atoms. The third-order valence-corrected chi connectivity index (χ3v) is 6.88. The molecule has 2 heterocycles. The number of aryl methyl sites for hydroxylation is 1. The van der Waals surface area contributed by atoms with Crippen molar-refractivity contribution in [2.24, 2.45) is 0 Å². The van der Waals surface area contributed by atoms with Gasteiger partial charge in [0.15, 0.2) is 9.84 Å². The minimum atomic E-state index is -4.77. The van der Waals surface area contributed by atoms with Crippen LogP contribution in [0.3, 0.4) is 0 Å². The van der Waals surface area contributed by atoms with Crippen molar-refractivity contribution in [3.8, 4) is 16.3 Å². The molecule has 1 aromatic carbocycles. The summed E-state index contributed by atoms with van der Waals surface area (Å²) in [7, 11) is -3.11. The average Bonchev–Trinajstić information content (AvgIpc) is 3.09. The lowest BCUT2D eigenvalue weighted by Crippen LogP contribution is -2.35. The lowest BCUT2D eigenvalue weighted by Gasteiger charge is -2.09. The van der Waals surface area contributed by atoms with Gasteiger partial charge in [-0.1, -0.05) is 0 Å². The third-order valence-electron chi connectivity index (χ3n) is 3.91. The van der Waals surface area contributed by atoms with Crippen LogP contribution in [-0.4, -0.2) is 43.2 Å². The number of carbonyl (C=O) groups is 1. The first-order chi connectivity index (χ1) is 12.5. The molecule has 1 saturated heterocycles. The SMILES string of the molecule is Cc1nc(-c2ccc(OC(F)(F)F)cc2)sc1C(=O)NC1CCS(=O)(=O)C1. The molecule has 11 heteroatoms. The fourth-order valence-corrected chi connectivity index (χ4v) is 5.34. The number of benzene rings is 1. The molecule has 1 amide bonds. The molecule has 3 rings (SSSR count). The summed E-state index contributed by atoms with van der Waals surface area (Å²) >= 11 is 1.09. The fraction of sp³-hybridized carbons (Fsp3) is 0.375. The van der Waals surface area contributed by atoms with Crippen LogP contribution in [-0.2, 0) is 9.84 Å². The molecule has 146 valence electrons. The van der Waals surface area contributed by atoms with Gasteiger partial charge in [-0.3, -0.25) is 4.79 Å². The van der Waals surface area contributed by atoms with E-state index in [4.69, 9.17) is 0 Å². The lowest BCUT2D eigenvalue weighted by atomic mass is 10.2. The highest BCUT2D eigenvalue weighted by molar-refractivity contribution is 7.91. The topological polar surface area (TPSA) is 85.4 Å². The maximum atomic E-state index is 12.4. The van der Waals surface area contributed by atoms with Gasteiger partial charge >= 0.3 is 6.36 Å². The van der Waals surface area contributed by atoms with Crippen molar-refractivity contribution < 1.29 is 31.1 Å². The summed E-state index contributed by atoms with van der Waals surface area (Å²) in [6, 6.07) is 4.76. The molecule has 1 aliphatic heterocycles. The summed E-state index contributed by atoms with van der Waals surface area (Å²) in [6.07, 6.45) is -4.39. The molecule has 0 bridgehead atoms. The second-order valence-corrected chi connectivity index (χ2v) is 9.31. The second-order valence-electron chi connectivity index (χ2n) is 6.08. The third kappa shape index (κ3) is 4.98. The van der Waals surface area contributed by atoms with Crippen molar-refractivity contribution in [2.45, 2.75) is 25.7 Å². The Bertz CT molecular complexity index is 953. The smallest absolute Gasteiger partial charge is 0.406 e. The molecular weight excluding hydrogens is 405 g/mol. The summed E-state index contributed by atoms with van der Waals surface area (Å²) in [5.41, 5.74) is 1.00. The number of sulfone groups is 1. The minimum absolute atomic E-state index is 0.0528. The molecule has 1 atom stereocenters. The van der Waals surface area contributed by atoms with Crippen LogP contribution in [0.25, 0.3) is 10.6 Å². The first-order valence-corrected chi connectivity index (χ1v) is 10.5. The average molecular weight is 420 g/mol. The van der Waals surface area contributed by atoms with Crippen molar-refractivity contribution in [1.29, 1.82) is 0 Å². The number of halogens is 3. The van der Waals surface area contributed by atoms with E-state index in [9.17, 15) is 26.4 Å². The molecule has 27 heavy (non-hydrogen) atoms. The van der Waals surface area contributed by atoms with Gasteiger partial charge in [0.2, 0.25) is 0 Å². The van der Waals surface area contributed by atoms with Gasteiger partial charge in [0.1, 0.15) is 15.6 Å². The molecular formula is C16H15F3N2O4S2. The van der Waals surface area contributed by atoms with Crippen LogP contribution in [0.1, 0.15) is 21.8 Å². The Morgan fingerprint density at radius 1 is 1.30 bits per heavy atom. The largest absolute Gasteiger partial charge is 0.573 e. The Morgan fingerprint density at radius 3 is 2.52 bits per heavy atom. The van der Waals surface area contributed by atoms with Crippen LogP contribution < -0.4 is 10.1 Å². The molecule has 0 aliphatic carbocycles. The molecule has 1 N–H and O–H groups in total. The maximum Gasteiger partial charge on any atom is 0.573 e. The van der Waals surface area contributed by atoms with Crippen LogP contribution in [0, 0.1) is 6.92 Å². The zero-order chi connectivity index (χ0) is 19.8. The molecule has 0 radical (unpaired) electrons. The number of amides is 1. The summed E-state index contributed by atoms with van der Waals surface area (Å²) in [5, 5.41) is 3.17. The van der Waals surface area contributed by atoms with Gasteiger partial charge in [-0.25, -0.2) is 13.4 Å². The van der Waals surface area contributed by atoms with E-state index < -0.39 is 28.1 Å². The molecule has 0 saturated carbocycles. The predicted octanol–water partition coefficient (Wildman–Crippen LogP) is 2.93. The second kappa shape index (κ2) is 7.12. The number of nitrogens with zero attached hydrogens (tertiary/aromatic N) is 1. The Balaban J connectivity index is 1.73. The standard InChI is InChI=1S/C16H15F3N2O4S2/c1-9-13(14(22)21-11-6-7-27(23,24)8-11)26-15(20-9)10-2-4-12(5-3-10)25-16(17,18)19/h2-5,11H,6-8H2,1H3,(H,21,22). The first-order valence-electron chi connectivity index (χ1n) is 7.87. The highest BCUT2D eigenvalue weighted by Gasteiger charge is 2.31. The first kappa shape index (κ1) is 19.6. The summed E-state index contributed by atoms with van der Waals surface area (Å²) in [6.45, 7) is 1.64. The number of ether oxygens (including phenoxy) is 1. The lowest BCUT2D eigenvalue weighted by molar-refractivity contribution is -0.274. The highest BCUT2D eigenvalue weighted by atomic mass is 32.2. The van der Waals surface area contributed by atoms with E-state index >= 15 is 0 Å². The van der Waals surface area contributed by atoms with Crippen molar-refractivity contribution in [3.05, 3.63) is 34.8 Å². The van der Waals surface area contributed by atoms with Crippen molar-refractivity contribution in [2.75, 3.05) is 11.5 Å². The molecule has 2 aromatic rings. The molecule has 6 nitrogen and oxygen atoms in total. The molecule has 1 fully saturated rings. The van der Waals surface area contributed by atoms with E-state index in [-0.39, 0.29) is 17.3 Å². The van der Waals surface area contributed by atoms with E-state index in [0.717, 1.165) is 11.3 Å². The zero-order valence-electron chi connectivity index (χ0n) is 14.0. The van der Waals surface area contributed by atoms with Gasteiger partial charge in [0.25, 0.3) is 5.91 Å². The Labute approximate surface area is 157 Å². The van der Waals surface area contributed by atoms with E-state index in [1.807, 2.05) is 0 Å². The Hall–Kier alpha value is -2.14. The summed E-state index contributed by atoms with van der Waals surface area (Å²) in [5.74, 6) is -0.781. The molecule has 1 aliphatic rings. The normalized spacial score (nSPS) is 19.0. The number of alkyl halides is 3. The van der Waals surface area contributed by atoms with Gasteiger partial charge in [0.05, 0.1) is 17.2 Å². The van der Waals surface area contributed by atoms with Crippen LogP contribution >= 0.6 is 11.3 Å². The predicted molar refractivity (Wildman–Crippen MR) is 93.5 cm³/mol. The van der Waals surface area contributed by atoms with E-state index in [1.54, 1.807) is 6.92 Å². The van der Waals surface area contributed by atoms with Gasteiger partial charge in [-0.05, 0) is 37.6 Å².